The van der Waals surface area contributed by atoms with Crippen LogP contribution in [-0.2, 0) is 24.4 Å². The first kappa shape index (κ1) is 26.9. The van der Waals surface area contributed by atoms with Crippen molar-refractivity contribution in [2.45, 2.75) is 4.90 Å². The summed E-state index contributed by atoms with van der Waals surface area (Å²) < 4.78 is 34.9. The molecule has 1 aliphatic rings. The molecule has 0 aromatic heterocycles. The molecular weight excluding hydrogens is 559 g/mol. The maximum absolute atomic E-state index is 13.1. The molecule has 0 bridgehead atoms. The molecule has 38 heavy (non-hydrogen) atoms. The summed E-state index contributed by atoms with van der Waals surface area (Å²) in [7, 11) is -3.04. The third kappa shape index (κ3) is 5.40. The first-order valence-corrected chi connectivity index (χ1v) is 12.8. The van der Waals surface area contributed by atoms with Gasteiger partial charge < -0.3 is 8.92 Å². The number of ether oxygens (including phenoxy) is 1. The fourth-order valence-electron chi connectivity index (χ4n) is 3.41. The second-order valence-corrected chi connectivity index (χ2v) is 10.0. The van der Waals surface area contributed by atoms with E-state index in [9.17, 15) is 27.6 Å². The Balaban J connectivity index is 1.65. The van der Waals surface area contributed by atoms with E-state index >= 15 is 0 Å². The summed E-state index contributed by atoms with van der Waals surface area (Å²) in [5.74, 6) is -2.88. The Labute approximate surface area is 226 Å². The minimum Gasteiger partial charge on any atom is -0.465 e. The van der Waals surface area contributed by atoms with Gasteiger partial charge in [-0.3, -0.25) is 14.9 Å². The van der Waals surface area contributed by atoms with Crippen LogP contribution in [0.2, 0.25) is 10.0 Å². The molecule has 0 spiro atoms. The number of anilines is 1. The van der Waals surface area contributed by atoms with Crippen molar-refractivity contribution in [3.63, 3.8) is 0 Å². The molecule has 194 valence electrons. The summed E-state index contributed by atoms with van der Waals surface area (Å²) in [6, 6.07) is 14.2. The van der Waals surface area contributed by atoms with Crippen LogP contribution in [0.15, 0.2) is 77.2 Å². The van der Waals surface area contributed by atoms with Gasteiger partial charge >= 0.3 is 22.1 Å². The maximum Gasteiger partial charge on any atom is 0.339 e. The van der Waals surface area contributed by atoms with Crippen molar-refractivity contribution >= 4 is 68.9 Å². The smallest absolute Gasteiger partial charge is 0.339 e. The van der Waals surface area contributed by atoms with Crippen molar-refractivity contribution in [3.05, 3.63) is 93.5 Å². The molecule has 0 unspecified atom stereocenters. The molecule has 3 aromatic carbocycles. The van der Waals surface area contributed by atoms with Gasteiger partial charge in [0.15, 0.2) is 5.75 Å². The number of nitrogens with zero attached hydrogens (tertiary/aromatic N) is 1. The number of imide groups is 2. The summed E-state index contributed by atoms with van der Waals surface area (Å²) >= 11 is 12.5. The fraction of sp³-hybridized carbons (Fsp3) is 0.0400. The third-order valence-electron chi connectivity index (χ3n) is 5.20. The van der Waals surface area contributed by atoms with Crippen molar-refractivity contribution in [3.8, 4) is 5.75 Å². The van der Waals surface area contributed by atoms with Crippen LogP contribution in [0.5, 0.6) is 5.75 Å². The van der Waals surface area contributed by atoms with E-state index in [-0.39, 0.29) is 37.5 Å². The van der Waals surface area contributed by atoms with Crippen molar-refractivity contribution in [2.24, 2.45) is 0 Å². The molecule has 1 N–H and O–H groups in total. The molecule has 1 fully saturated rings. The average molecular weight is 575 g/mol. The van der Waals surface area contributed by atoms with E-state index in [1.54, 1.807) is 6.07 Å². The predicted molar refractivity (Wildman–Crippen MR) is 138 cm³/mol. The van der Waals surface area contributed by atoms with Gasteiger partial charge in [0, 0.05) is 0 Å². The Morgan fingerprint density at radius 3 is 2.13 bits per heavy atom. The highest BCUT2D eigenvalue weighted by Gasteiger charge is 2.37. The second-order valence-electron chi connectivity index (χ2n) is 7.66. The number of amides is 4. The molecule has 1 aliphatic heterocycles. The van der Waals surface area contributed by atoms with Crippen molar-refractivity contribution < 1.29 is 36.5 Å². The Bertz CT molecular complexity index is 1580. The normalized spacial score (nSPS) is 14.9. The van der Waals surface area contributed by atoms with Crippen LogP contribution in [0.3, 0.4) is 0 Å². The van der Waals surface area contributed by atoms with Crippen LogP contribution < -0.4 is 14.4 Å². The number of rotatable bonds is 6. The number of hydrogen-bond donors (Lipinski definition) is 1. The zero-order valence-corrected chi connectivity index (χ0v) is 21.6. The number of nitrogens with one attached hydrogen (secondary N) is 1. The number of hydrogen-bond acceptors (Lipinski definition) is 8. The van der Waals surface area contributed by atoms with Crippen LogP contribution in [0.4, 0.5) is 10.5 Å². The highest BCUT2D eigenvalue weighted by atomic mass is 35.5. The van der Waals surface area contributed by atoms with Gasteiger partial charge in [0.1, 0.15) is 10.5 Å². The summed E-state index contributed by atoms with van der Waals surface area (Å²) in [6.45, 7) is 0. The molecule has 10 nitrogen and oxygen atoms in total. The number of carbonyl (C=O) groups is 4. The van der Waals surface area contributed by atoms with Crippen LogP contribution in [0.25, 0.3) is 6.08 Å². The number of benzene rings is 3. The standard InChI is InChI=1S/C25H16Cl2N2O8S/c1-36-24(32)15-7-9-16(10-8-15)29-23(31)18(22(30)28-25(29)33)11-14-12-19(26)21(20(27)13-14)37-38(34,35)17-5-3-2-4-6-17/h2-13H,1H3,(H,28,30,33)/b18-11+. The highest BCUT2D eigenvalue weighted by molar-refractivity contribution is 7.87. The molecular formula is C25H16Cl2N2O8S. The van der Waals surface area contributed by atoms with E-state index in [4.69, 9.17) is 27.4 Å². The number of carbonyl (C=O) groups excluding carboxylic acids is 4. The fourth-order valence-corrected chi connectivity index (χ4v) is 5.07. The average Bonchev–Trinajstić information content (AvgIpc) is 2.89. The molecule has 13 heteroatoms. The van der Waals surface area contributed by atoms with Gasteiger partial charge in [-0.05, 0) is 60.2 Å². The zero-order chi connectivity index (χ0) is 27.6. The summed E-state index contributed by atoms with van der Waals surface area (Å²) in [6.07, 6.45) is 1.13. The van der Waals surface area contributed by atoms with E-state index in [2.05, 4.69) is 10.1 Å². The van der Waals surface area contributed by atoms with Gasteiger partial charge in [-0.2, -0.15) is 8.42 Å². The lowest BCUT2D eigenvalue weighted by atomic mass is 10.1. The largest absolute Gasteiger partial charge is 0.465 e. The first-order chi connectivity index (χ1) is 18.0. The quantitative estimate of drug-likeness (QED) is 0.200. The molecule has 4 rings (SSSR count). The van der Waals surface area contributed by atoms with Gasteiger partial charge in [-0.1, -0.05) is 41.4 Å². The lowest BCUT2D eigenvalue weighted by Gasteiger charge is -2.26. The van der Waals surface area contributed by atoms with E-state index < -0.39 is 39.5 Å². The van der Waals surface area contributed by atoms with Crippen LogP contribution in [0, 0.1) is 0 Å². The van der Waals surface area contributed by atoms with Crippen molar-refractivity contribution in [1.82, 2.24) is 5.32 Å². The third-order valence-corrected chi connectivity index (χ3v) is 7.00. The number of halogens is 2. The minimum absolute atomic E-state index is 0.0875. The Hall–Kier alpha value is -4.19. The lowest BCUT2D eigenvalue weighted by molar-refractivity contribution is -0.122. The summed E-state index contributed by atoms with van der Waals surface area (Å²) in [5, 5.41) is 1.65. The molecule has 0 aliphatic carbocycles. The molecule has 1 heterocycles. The SMILES string of the molecule is COC(=O)c1ccc(N2C(=O)NC(=O)/C(=C\c3cc(Cl)c(OS(=O)(=O)c4ccccc4)c(Cl)c3)C2=O)cc1. The molecule has 1 saturated heterocycles. The summed E-state index contributed by atoms with van der Waals surface area (Å²) in [4.78, 5) is 50.3. The molecule has 0 saturated carbocycles. The minimum atomic E-state index is -4.25. The number of esters is 1. The van der Waals surface area contributed by atoms with Crippen LogP contribution in [-0.4, -0.2) is 39.3 Å². The van der Waals surface area contributed by atoms with Gasteiger partial charge in [0.2, 0.25) is 0 Å². The Kier molecular flexibility index (Phi) is 7.53. The monoisotopic (exact) mass is 574 g/mol. The van der Waals surface area contributed by atoms with Crippen molar-refractivity contribution in [1.29, 1.82) is 0 Å². The van der Waals surface area contributed by atoms with E-state index in [0.29, 0.717) is 4.90 Å². The van der Waals surface area contributed by atoms with E-state index in [1.165, 1.54) is 67.8 Å². The number of urea groups is 1. The first-order valence-electron chi connectivity index (χ1n) is 10.6. The molecule has 0 radical (unpaired) electrons. The van der Waals surface area contributed by atoms with Crippen molar-refractivity contribution in [2.75, 3.05) is 12.0 Å². The molecule has 4 amide bonds. The lowest BCUT2D eigenvalue weighted by Crippen LogP contribution is -2.54. The van der Waals surface area contributed by atoms with E-state index in [0.717, 1.165) is 6.08 Å². The second kappa shape index (κ2) is 10.7. The maximum atomic E-state index is 13.1. The van der Waals surface area contributed by atoms with Crippen LogP contribution >= 0.6 is 23.2 Å². The Morgan fingerprint density at radius 2 is 1.55 bits per heavy atom. The summed E-state index contributed by atoms with van der Waals surface area (Å²) in [5.41, 5.74) is -0.00374. The van der Waals surface area contributed by atoms with E-state index in [1.807, 2.05) is 0 Å². The zero-order valence-electron chi connectivity index (χ0n) is 19.3. The highest BCUT2D eigenvalue weighted by Crippen LogP contribution is 2.37. The number of barbiturate groups is 1. The predicted octanol–water partition coefficient (Wildman–Crippen LogP) is 4.21. The number of methoxy groups -OCH3 is 1. The molecule has 3 aromatic rings. The van der Waals surface area contributed by atoms with Gasteiger partial charge in [-0.15, -0.1) is 0 Å². The van der Waals surface area contributed by atoms with Gasteiger partial charge in [0.25, 0.3) is 11.8 Å². The van der Waals surface area contributed by atoms with Crippen LogP contribution in [0.1, 0.15) is 15.9 Å². The van der Waals surface area contributed by atoms with Gasteiger partial charge in [0.05, 0.1) is 28.4 Å². The van der Waals surface area contributed by atoms with Gasteiger partial charge in [-0.25, -0.2) is 14.5 Å². The molecule has 0 atom stereocenters. The topological polar surface area (TPSA) is 136 Å². The Morgan fingerprint density at radius 1 is 0.947 bits per heavy atom.